The van der Waals surface area contributed by atoms with Crippen molar-refractivity contribution in [3.05, 3.63) is 42.5 Å². The van der Waals surface area contributed by atoms with Crippen LogP contribution in [0.25, 0.3) is 11.1 Å². The average molecular weight is 367 g/mol. The van der Waals surface area contributed by atoms with Crippen LogP contribution < -0.4 is 14.8 Å². The van der Waals surface area contributed by atoms with Crippen molar-refractivity contribution < 1.29 is 32.2 Å². The van der Waals surface area contributed by atoms with Gasteiger partial charge in [-0.15, -0.1) is 13.2 Å². The number of anilines is 1. The first-order chi connectivity index (χ1) is 12.3. The summed E-state index contributed by atoms with van der Waals surface area (Å²) in [4.78, 5) is 21.7. The van der Waals surface area contributed by atoms with Gasteiger partial charge in [-0.3, -0.25) is 9.59 Å². The Bertz CT molecular complexity index is 773. The fourth-order valence-electron chi connectivity index (χ4n) is 2.18. The Kier molecular flexibility index (Phi) is 6.21. The molecular formula is C18H16F3NO4. The van der Waals surface area contributed by atoms with Crippen LogP contribution in [0.4, 0.5) is 18.9 Å². The Hall–Kier alpha value is -3.03. The molecule has 138 valence electrons. The first kappa shape index (κ1) is 19.3. The summed E-state index contributed by atoms with van der Waals surface area (Å²) < 4.78 is 46.3. The Labute approximate surface area is 147 Å². The molecule has 0 unspecified atom stereocenters. The lowest BCUT2D eigenvalue weighted by Gasteiger charge is -2.14. The van der Waals surface area contributed by atoms with E-state index in [1.807, 2.05) is 6.92 Å². The number of alkyl halides is 3. The van der Waals surface area contributed by atoms with Gasteiger partial charge in [0.15, 0.2) is 0 Å². The minimum atomic E-state index is -4.77. The third-order valence-electron chi connectivity index (χ3n) is 3.21. The van der Waals surface area contributed by atoms with E-state index in [9.17, 15) is 22.8 Å². The average Bonchev–Trinajstić information content (AvgIpc) is 2.59. The van der Waals surface area contributed by atoms with Crippen molar-refractivity contribution in [1.29, 1.82) is 0 Å². The highest BCUT2D eigenvalue weighted by molar-refractivity contribution is 6.29. The molecule has 0 aliphatic heterocycles. The summed E-state index contributed by atoms with van der Waals surface area (Å²) in [6, 6.07) is 10.0. The molecule has 1 N–H and O–H groups in total. The summed E-state index contributed by atoms with van der Waals surface area (Å²) in [7, 11) is 0. The van der Waals surface area contributed by atoms with Crippen molar-refractivity contribution in [2.24, 2.45) is 0 Å². The number of hydrogen-bond acceptors (Lipinski definition) is 4. The van der Waals surface area contributed by atoms with Gasteiger partial charge >= 0.3 is 6.36 Å². The van der Waals surface area contributed by atoms with Gasteiger partial charge in [0, 0.05) is 11.3 Å². The number of carbonyl (C=O) groups is 2. The molecule has 0 bridgehead atoms. The number of hydrogen-bond donors (Lipinski definition) is 1. The minimum Gasteiger partial charge on any atom is -0.493 e. The number of aldehydes is 1. The second-order valence-electron chi connectivity index (χ2n) is 5.24. The van der Waals surface area contributed by atoms with Crippen LogP contribution in [-0.2, 0) is 9.59 Å². The molecule has 26 heavy (non-hydrogen) atoms. The van der Waals surface area contributed by atoms with Crippen molar-refractivity contribution in [3.63, 3.8) is 0 Å². The summed E-state index contributed by atoms with van der Waals surface area (Å²) in [5.41, 5.74) is 1.48. The third kappa shape index (κ3) is 5.51. The lowest BCUT2D eigenvalue weighted by atomic mass is 10.0. The summed E-state index contributed by atoms with van der Waals surface area (Å²) in [6.45, 7) is 2.38. The maximum atomic E-state index is 12.3. The molecule has 2 aromatic rings. The van der Waals surface area contributed by atoms with Gasteiger partial charge in [0.25, 0.3) is 5.91 Å². The molecule has 0 aliphatic carbocycles. The molecule has 0 heterocycles. The largest absolute Gasteiger partial charge is 0.573 e. The number of rotatable bonds is 7. The van der Waals surface area contributed by atoms with Crippen LogP contribution in [0.3, 0.4) is 0 Å². The fraction of sp³-hybridized carbons (Fsp3) is 0.222. The monoisotopic (exact) mass is 367 g/mol. The van der Waals surface area contributed by atoms with E-state index < -0.39 is 12.3 Å². The number of benzene rings is 2. The zero-order valence-electron chi connectivity index (χ0n) is 13.8. The predicted molar refractivity (Wildman–Crippen MR) is 89.0 cm³/mol. The van der Waals surface area contributed by atoms with Gasteiger partial charge in [-0.05, 0) is 42.3 Å². The van der Waals surface area contributed by atoms with Gasteiger partial charge in [0.1, 0.15) is 11.5 Å². The second kappa shape index (κ2) is 8.37. The molecule has 1 amide bonds. The van der Waals surface area contributed by atoms with Crippen LogP contribution in [0, 0.1) is 0 Å². The van der Waals surface area contributed by atoms with Crippen molar-refractivity contribution in [3.8, 4) is 22.6 Å². The Balaban J connectivity index is 2.35. The van der Waals surface area contributed by atoms with Gasteiger partial charge in [-0.1, -0.05) is 19.1 Å². The Morgan fingerprint density at radius 1 is 1.15 bits per heavy atom. The first-order valence-corrected chi connectivity index (χ1v) is 7.71. The molecule has 0 radical (unpaired) electrons. The topological polar surface area (TPSA) is 64.6 Å². The minimum absolute atomic E-state index is 0.143. The SMILES string of the molecule is CCCOc1ccc(NC(=O)C=O)cc1-c1ccc(OC(F)(F)F)cc1. The third-order valence-corrected chi connectivity index (χ3v) is 3.21. The van der Waals surface area contributed by atoms with E-state index in [2.05, 4.69) is 10.1 Å². The quantitative estimate of drug-likeness (QED) is 0.589. The van der Waals surface area contributed by atoms with E-state index in [1.54, 1.807) is 18.2 Å². The molecule has 0 aliphatic rings. The highest BCUT2D eigenvalue weighted by atomic mass is 19.4. The molecule has 0 spiro atoms. The van der Waals surface area contributed by atoms with Gasteiger partial charge in [-0.25, -0.2) is 0 Å². The molecule has 0 aromatic heterocycles. The van der Waals surface area contributed by atoms with Crippen molar-refractivity contribution in [2.75, 3.05) is 11.9 Å². The predicted octanol–water partition coefficient (Wildman–Crippen LogP) is 4.18. The van der Waals surface area contributed by atoms with E-state index in [0.717, 1.165) is 6.42 Å². The molecule has 0 fully saturated rings. The fourth-order valence-corrected chi connectivity index (χ4v) is 2.18. The zero-order chi connectivity index (χ0) is 19.2. The standard InChI is InChI=1S/C18H16F3NO4/c1-2-9-25-16-8-5-13(22-17(24)11-23)10-15(16)12-3-6-14(7-4-12)26-18(19,20)21/h3-8,10-11H,2,9H2,1H3,(H,22,24). The summed E-state index contributed by atoms with van der Waals surface area (Å²) >= 11 is 0. The molecule has 0 saturated heterocycles. The lowest BCUT2D eigenvalue weighted by molar-refractivity contribution is -0.274. The highest BCUT2D eigenvalue weighted by Gasteiger charge is 2.31. The van der Waals surface area contributed by atoms with Gasteiger partial charge < -0.3 is 14.8 Å². The number of ether oxygens (including phenoxy) is 2. The molecule has 2 aromatic carbocycles. The Morgan fingerprint density at radius 2 is 1.85 bits per heavy atom. The number of carbonyl (C=O) groups excluding carboxylic acids is 2. The van der Waals surface area contributed by atoms with Crippen LogP contribution in [-0.4, -0.2) is 25.2 Å². The highest BCUT2D eigenvalue weighted by Crippen LogP contribution is 2.34. The van der Waals surface area contributed by atoms with Crippen LogP contribution >= 0.6 is 0 Å². The summed E-state index contributed by atoms with van der Waals surface area (Å²) in [5, 5.41) is 2.39. The van der Waals surface area contributed by atoms with E-state index in [1.165, 1.54) is 24.3 Å². The van der Waals surface area contributed by atoms with E-state index >= 15 is 0 Å². The zero-order valence-corrected chi connectivity index (χ0v) is 13.8. The van der Waals surface area contributed by atoms with Crippen molar-refractivity contribution in [1.82, 2.24) is 0 Å². The number of nitrogens with one attached hydrogen (secondary N) is 1. The molecular weight excluding hydrogens is 351 g/mol. The first-order valence-electron chi connectivity index (χ1n) is 7.71. The van der Waals surface area contributed by atoms with Gasteiger partial charge in [0.2, 0.25) is 6.29 Å². The molecule has 5 nitrogen and oxygen atoms in total. The van der Waals surface area contributed by atoms with Gasteiger partial charge in [-0.2, -0.15) is 0 Å². The Morgan fingerprint density at radius 3 is 2.42 bits per heavy atom. The molecule has 8 heteroatoms. The normalized spacial score (nSPS) is 10.9. The van der Waals surface area contributed by atoms with Gasteiger partial charge in [0.05, 0.1) is 6.61 Å². The number of halogens is 3. The summed E-state index contributed by atoms with van der Waals surface area (Å²) in [5.74, 6) is -0.657. The van der Waals surface area contributed by atoms with Crippen molar-refractivity contribution >= 4 is 17.9 Å². The van der Waals surface area contributed by atoms with Crippen LogP contribution in [0.1, 0.15) is 13.3 Å². The summed E-state index contributed by atoms with van der Waals surface area (Å²) in [6.07, 6.45) is -3.86. The lowest BCUT2D eigenvalue weighted by Crippen LogP contribution is -2.16. The van der Waals surface area contributed by atoms with Crippen molar-refractivity contribution in [2.45, 2.75) is 19.7 Å². The maximum Gasteiger partial charge on any atom is 0.573 e. The maximum absolute atomic E-state index is 12.3. The molecule has 2 rings (SSSR count). The number of amides is 1. The van der Waals surface area contributed by atoms with Crippen LogP contribution in [0.2, 0.25) is 0 Å². The van der Waals surface area contributed by atoms with E-state index in [4.69, 9.17) is 4.74 Å². The second-order valence-corrected chi connectivity index (χ2v) is 5.24. The molecule has 0 atom stereocenters. The van der Waals surface area contributed by atoms with Crippen LogP contribution in [0.5, 0.6) is 11.5 Å². The smallest absolute Gasteiger partial charge is 0.493 e. The molecule has 0 saturated carbocycles. The van der Waals surface area contributed by atoms with Crippen LogP contribution in [0.15, 0.2) is 42.5 Å². The van der Waals surface area contributed by atoms with E-state index in [-0.39, 0.29) is 12.0 Å². The van der Waals surface area contributed by atoms with E-state index in [0.29, 0.717) is 29.2 Å².